The first kappa shape index (κ1) is 18.3. The number of thiazole rings is 1. The van der Waals surface area contributed by atoms with Gasteiger partial charge in [0.25, 0.3) is 5.56 Å². The number of nitrogens with one attached hydrogen (secondary N) is 1. The van der Waals surface area contributed by atoms with Crippen molar-refractivity contribution >= 4 is 22.2 Å². The average Bonchev–Trinajstić information content (AvgIpc) is 3.21. The summed E-state index contributed by atoms with van der Waals surface area (Å²) in [4.78, 5) is 17.8. The summed E-state index contributed by atoms with van der Waals surface area (Å²) >= 11 is 1.50. The highest BCUT2D eigenvalue weighted by atomic mass is 32.1. The topological polar surface area (TPSA) is 51.9 Å². The third-order valence-corrected chi connectivity index (χ3v) is 5.70. The molecule has 0 radical (unpaired) electrons. The van der Waals surface area contributed by atoms with Crippen LogP contribution in [0.4, 0.5) is 10.8 Å². The second-order valence-corrected chi connectivity index (χ2v) is 7.78. The Hall–Kier alpha value is -3.12. The fourth-order valence-electron chi connectivity index (χ4n) is 3.38. The highest BCUT2D eigenvalue weighted by Gasteiger charge is 2.20. The molecule has 142 valence electrons. The molecule has 0 bridgehead atoms. The van der Waals surface area contributed by atoms with E-state index in [4.69, 9.17) is 0 Å². The molecule has 0 aliphatic heterocycles. The number of aromatic nitrogens is 3. The Morgan fingerprint density at radius 3 is 2.50 bits per heavy atom. The predicted molar refractivity (Wildman–Crippen MR) is 116 cm³/mol. The van der Waals surface area contributed by atoms with Crippen LogP contribution in [0.1, 0.15) is 16.8 Å². The summed E-state index contributed by atoms with van der Waals surface area (Å²) in [6, 6.07) is 15.9. The highest BCUT2D eigenvalue weighted by molar-refractivity contribution is 7.14. The van der Waals surface area contributed by atoms with Crippen LogP contribution in [0.5, 0.6) is 0 Å². The first-order chi connectivity index (χ1) is 13.5. The monoisotopic (exact) mass is 390 g/mol. The van der Waals surface area contributed by atoms with Crippen LogP contribution in [0.3, 0.4) is 0 Å². The number of nitrogens with zero attached hydrogens (tertiary/aromatic N) is 3. The first-order valence-corrected chi connectivity index (χ1v) is 9.98. The minimum Gasteiger partial charge on any atom is -0.331 e. The van der Waals surface area contributed by atoms with Gasteiger partial charge in [0.05, 0.1) is 16.9 Å². The van der Waals surface area contributed by atoms with Gasteiger partial charge in [0.2, 0.25) is 0 Å². The van der Waals surface area contributed by atoms with E-state index in [0.29, 0.717) is 11.3 Å². The SMILES string of the molecule is Cc1ccc(Nc2nc(-c3c(C)n(C)n(-c4ccccc4)c3=O)cs2)c(C)c1. The first-order valence-electron chi connectivity index (χ1n) is 9.10. The Kier molecular flexibility index (Phi) is 4.65. The lowest BCUT2D eigenvalue weighted by atomic mass is 10.1. The van der Waals surface area contributed by atoms with Crippen molar-refractivity contribution in [1.82, 2.24) is 14.3 Å². The predicted octanol–water partition coefficient (Wildman–Crippen LogP) is 4.97. The summed E-state index contributed by atoms with van der Waals surface area (Å²) in [6.07, 6.45) is 0. The maximum atomic E-state index is 13.2. The standard InChI is InChI=1S/C22H22N4OS/c1-14-10-11-18(15(2)12-14)23-22-24-19(13-28-22)20-16(3)25(4)26(21(20)27)17-8-6-5-7-9-17/h5-13H,1-4H3,(H,23,24). The van der Waals surface area contributed by atoms with Crippen LogP contribution >= 0.6 is 11.3 Å². The smallest absolute Gasteiger partial charge is 0.281 e. The summed E-state index contributed by atoms with van der Waals surface area (Å²) in [5.74, 6) is 0. The maximum Gasteiger partial charge on any atom is 0.281 e. The van der Waals surface area contributed by atoms with Crippen LogP contribution in [0.25, 0.3) is 16.9 Å². The average molecular weight is 391 g/mol. The van der Waals surface area contributed by atoms with Gasteiger partial charge >= 0.3 is 0 Å². The van der Waals surface area contributed by atoms with Crippen molar-refractivity contribution in [2.75, 3.05) is 5.32 Å². The van der Waals surface area contributed by atoms with Crippen molar-refractivity contribution in [3.63, 3.8) is 0 Å². The minimum absolute atomic E-state index is 0.0606. The molecule has 0 atom stereocenters. The van der Waals surface area contributed by atoms with Gasteiger partial charge in [-0.15, -0.1) is 11.3 Å². The Labute approximate surface area is 167 Å². The molecule has 0 amide bonds. The summed E-state index contributed by atoms with van der Waals surface area (Å²) in [6.45, 7) is 6.10. The Balaban J connectivity index is 1.72. The van der Waals surface area contributed by atoms with Crippen LogP contribution in [-0.4, -0.2) is 14.3 Å². The molecule has 2 aromatic heterocycles. The van der Waals surface area contributed by atoms with Crippen molar-refractivity contribution in [1.29, 1.82) is 0 Å². The number of hydrogen-bond acceptors (Lipinski definition) is 4. The molecule has 28 heavy (non-hydrogen) atoms. The summed E-state index contributed by atoms with van der Waals surface area (Å²) in [7, 11) is 1.90. The zero-order valence-electron chi connectivity index (χ0n) is 16.4. The summed E-state index contributed by atoms with van der Waals surface area (Å²) in [5.41, 5.74) is 6.42. The van der Waals surface area contributed by atoms with E-state index in [0.717, 1.165) is 22.2 Å². The zero-order chi connectivity index (χ0) is 19.8. The maximum absolute atomic E-state index is 13.2. The number of hydrogen-bond donors (Lipinski definition) is 1. The molecule has 2 heterocycles. The molecule has 0 unspecified atom stereocenters. The second-order valence-electron chi connectivity index (χ2n) is 6.92. The molecule has 0 saturated heterocycles. The lowest BCUT2D eigenvalue weighted by Gasteiger charge is -2.07. The van der Waals surface area contributed by atoms with Gasteiger partial charge in [0.15, 0.2) is 5.13 Å². The largest absolute Gasteiger partial charge is 0.331 e. The molecule has 0 aliphatic carbocycles. The van der Waals surface area contributed by atoms with E-state index in [1.807, 2.05) is 54.4 Å². The molecule has 0 spiro atoms. The van der Waals surface area contributed by atoms with Gasteiger partial charge in [-0.25, -0.2) is 9.67 Å². The van der Waals surface area contributed by atoms with Gasteiger partial charge in [-0.2, -0.15) is 0 Å². The quantitative estimate of drug-likeness (QED) is 0.535. The Morgan fingerprint density at radius 2 is 1.79 bits per heavy atom. The lowest BCUT2D eigenvalue weighted by molar-refractivity contribution is 0.630. The number of benzene rings is 2. The van der Waals surface area contributed by atoms with Crippen molar-refractivity contribution in [2.45, 2.75) is 20.8 Å². The third kappa shape index (κ3) is 3.16. The van der Waals surface area contributed by atoms with Crippen LogP contribution < -0.4 is 10.9 Å². The number of para-hydroxylation sites is 1. The molecule has 0 saturated carbocycles. The number of rotatable bonds is 4. The van der Waals surface area contributed by atoms with E-state index in [-0.39, 0.29) is 5.56 Å². The molecule has 0 aliphatic rings. The third-order valence-electron chi connectivity index (χ3n) is 4.94. The van der Waals surface area contributed by atoms with Crippen LogP contribution in [0.2, 0.25) is 0 Å². The van der Waals surface area contributed by atoms with Gasteiger partial charge < -0.3 is 5.32 Å². The van der Waals surface area contributed by atoms with E-state index < -0.39 is 0 Å². The van der Waals surface area contributed by atoms with E-state index in [2.05, 4.69) is 42.3 Å². The van der Waals surface area contributed by atoms with Gasteiger partial charge in [-0.3, -0.25) is 9.48 Å². The second kappa shape index (κ2) is 7.13. The molecule has 4 rings (SSSR count). The number of anilines is 2. The summed E-state index contributed by atoms with van der Waals surface area (Å²) < 4.78 is 3.56. The molecule has 2 aromatic carbocycles. The van der Waals surface area contributed by atoms with Crippen LogP contribution in [0, 0.1) is 20.8 Å². The fourth-order valence-corrected chi connectivity index (χ4v) is 4.09. The number of aryl methyl sites for hydroxylation is 2. The molecule has 4 aromatic rings. The Morgan fingerprint density at radius 1 is 1.04 bits per heavy atom. The van der Waals surface area contributed by atoms with E-state index in [1.165, 1.54) is 22.5 Å². The fraction of sp³-hybridized carbons (Fsp3) is 0.182. The van der Waals surface area contributed by atoms with Gasteiger partial charge in [0, 0.05) is 23.8 Å². The van der Waals surface area contributed by atoms with Crippen molar-refractivity contribution in [2.24, 2.45) is 7.05 Å². The van der Waals surface area contributed by atoms with Gasteiger partial charge in [0.1, 0.15) is 0 Å². The van der Waals surface area contributed by atoms with Crippen molar-refractivity contribution in [3.8, 4) is 16.9 Å². The lowest BCUT2D eigenvalue weighted by Crippen LogP contribution is -2.20. The zero-order valence-corrected chi connectivity index (χ0v) is 17.2. The van der Waals surface area contributed by atoms with E-state index >= 15 is 0 Å². The molecule has 0 fully saturated rings. The molecule has 1 N–H and O–H groups in total. The van der Waals surface area contributed by atoms with Crippen molar-refractivity contribution in [3.05, 3.63) is 81.1 Å². The van der Waals surface area contributed by atoms with Crippen molar-refractivity contribution < 1.29 is 0 Å². The van der Waals surface area contributed by atoms with E-state index in [1.54, 1.807) is 4.68 Å². The Bertz CT molecular complexity index is 1200. The minimum atomic E-state index is -0.0606. The van der Waals surface area contributed by atoms with Crippen LogP contribution in [-0.2, 0) is 7.05 Å². The molecule has 6 heteroatoms. The normalized spacial score (nSPS) is 11.0. The molecular weight excluding hydrogens is 368 g/mol. The summed E-state index contributed by atoms with van der Waals surface area (Å²) in [5, 5.41) is 6.08. The van der Waals surface area contributed by atoms with Gasteiger partial charge in [-0.1, -0.05) is 35.9 Å². The molecular formula is C22H22N4OS. The van der Waals surface area contributed by atoms with E-state index in [9.17, 15) is 4.79 Å². The molecule has 5 nitrogen and oxygen atoms in total. The van der Waals surface area contributed by atoms with Crippen LogP contribution in [0.15, 0.2) is 58.7 Å². The highest BCUT2D eigenvalue weighted by Crippen LogP contribution is 2.29. The van der Waals surface area contributed by atoms with Gasteiger partial charge in [-0.05, 0) is 44.5 Å².